The average molecular weight is 458 g/mol. The number of rotatable bonds is 7. The molecule has 2 N–H and O–H groups in total. The van der Waals surface area contributed by atoms with Crippen molar-refractivity contribution in [2.75, 3.05) is 19.4 Å². The molecule has 0 fully saturated rings. The molecule has 0 saturated heterocycles. The Labute approximate surface area is 182 Å². The third-order valence-electron chi connectivity index (χ3n) is 4.57. The van der Waals surface area contributed by atoms with E-state index in [1.54, 1.807) is 32.0 Å². The molecule has 9 heteroatoms. The Kier molecular flexibility index (Phi) is 7.70. The molecule has 0 saturated carbocycles. The largest absolute Gasteiger partial charge is 0.324 e. The van der Waals surface area contributed by atoms with Gasteiger partial charge in [-0.2, -0.15) is 0 Å². The highest BCUT2D eigenvalue weighted by atomic mass is 35.5. The highest BCUT2D eigenvalue weighted by molar-refractivity contribution is 7.89. The molecule has 29 heavy (non-hydrogen) atoms. The minimum Gasteiger partial charge on any atom is -0.324 e. The van der Waals surface area contributed by atoms with Crippen molar-refractivity contribution in [3.05, 3.63) is 57.6 Å². The van der Waals surface area contributed by atoms with Crippen molar-refractivity contribution in [3.63, 3.8) is 0 Å². The number of hydrogen-bond acceptors (Lipinski definition) is 4. The van der Waals surface area contributed by atoms with Gasteiger partial charge in [-0.3, -0.25) is 10.1 Å². The van der Waals surface area contributed by atoms with Crippen LogP contribution in [0.5, 0.6) is 0 Å². The molecule has 6 nitrogen and oxygen atoms in total. The van der Waals surface area contributed by atoms with Crippen LogP contribution in [0.2, 0.25) is 10.0 Å². The Bertz CT molecular complexity index is 1010. The van der Waals surface area contributed by atoms with Gasteiger partial charge in [0.05, 0.1) is 10.9 Å². The maximum absolute atomic E-state index is 12.7. The Morgan fingerprint density at radius 1 is 1.07 bits per heavy atom. The first-order valence-electron chi connectivity index (χ1n) is 8.98. The second-order valence-electron chi connectivity index (χ2n) is 7.03. The molecule has 2 aromatic carbocycles. The first kappa shape index (κ1) is 23.6. The van der Waals surface area contributed by atoms with E-state index < -0.39 is 16.1 Å². The third-order valence-corrected chi connectivity index (χ3v) is 6.94. The lowest BCUT2D eigenvalue weighted by Crippen LogP contribution is -2.39. The second-order valence-corrected chi connectivity index (χ2v) is 10.0. The van der Waals surface area contributed by atoms with Crippen molar-refractivity contribution in [2.45, 2.75) is 37.8 Å². The lowest BCUT2D eigenvalue weighted by molar-refractivity contribution is -0.117. The van der Waals surface area contributed by atoms with E-state index in [-0.39, 0.29) is 16.8 Å². The van der Waals surface area contributed by atoms with Gasteiger partial charge in [-0.15, -0.1) is 0 Å². The Hall–Kier alpha value is -1.64. The van der Waals surface area contributed by atoms with E-state index in [2.05, 4.69) is 10.6 Å². The van der Waals surface area contributed by atoms with E-state index in [1.165, 1.54) is 26.2 Å². The minimum absolute atomic E-state index is 0.116. The molecule has 0 aliphatic heterocycles. The van der Waals surface area contributed by atoms with Crippen LogP contribution in [-0.4, -0.2) is 38.8 Å². The molecule has 2 atom stereocenters. The molecule has 0 spiro atoms. The highest BCUT2D eigenvalue weighted by Crippen LogP contribution is 2.27. The number of nitrogens with one attached hydrogen (secondary N) is 2. The number of halogens is 2. The summed E-state index contributed by atoms with van der Waals surface area (Å²) in [6.07, 6.45) is 0. The average Bonchev–Trinajstić information content (AvgIpc) is 2.62. The predicted molar refractivity (Wildman–Crippen MR) is 118 cm³/mol. The third kappa shape index (κ3) is 5.71. The summed E-state index contributed by atoms with van der Waals surface area (Å²) in [4.78, 5) is 12.8. The van der Waals surface area contributed by atoms with Crippen molar-refractivity contribution in [1.29, 1.82) is 0 Å². The first-order chi connectivity index (χ1) is 13.4. The second kappa shape index (κ2) is 9.45. The van der Waals surface area contributed by atoms with Crippen LogP contribution in [0.1, 0.15) is 31.0 Å². The quantitative estimate of drug-likeness (QED) is 0.651. The zero-order valence-electron chi connectivity index (χ0n) is 17.0. The van der Waals surface area contributed by atoms with E-state index >= 15 is 0 Å². The van der Waals surface area contributed by atoms with E-state index in [0.717, 1.165) is 15.4 Å². The van der Waals surface area contributed by atoms with Gasteiger partial charge in [-0.25, -0.2) is 12.7 Å². The first-order valence-corrected chi connectivity index (χ1v) is 11.2. The molecule has 0 unspecified atom stereocenters. The normalized spacial score (nSPS) is 13.9. The van der Waals surface area contributed by atoms with Gasteiger partial charge in [0.25, 0.3) is 0 Å². The van der Waals surface area contributed by atoms with Crippen molar-refractivity contribution in [1.82, 2.24) is 9.62 Å². The number of carbonyl (C=O) groups excluding carboxylic acids is 1. The summed E-state index contributed by atoms with van der Waals surface area (Å²) in [5.74, 6) is -0.288. The summed E-state index contributed by atoms with van der Waals surface area (Å²) in [6, 6.07) is 9.12. The van der Waals surface area contributed by atoms with E-state index in [0.29, 0.717) is 15.7 Å². The van der Waals surface area contributed by atoms with Gasteiger partial charge in [0, 0.05) is 35.9 Å². The fraction of sp³-hybridized carbons (Fsp3) is 0.350. The van der Waals surface area contributed by atoms with Crippen molar-refractivity contribution in [3.8, 4) is 0 Å². The fourth-order valence-electron chi connectivity index (χ4n) is 2.74. The summed E-state index contributed by atoms with van der Waals surface area (Å²) >= 11 is 12.2. The van der Waals surface area contributed by atoms with Crippen LogP contribution in [0, 0.1) is 6.92 Å². The highest BCUT2D eigenvalue weighted by Gasteiger charge is 2.21. The van der Waals surface area contributed by atoms with Crippen molar-refractivity contribution in [2.24, 2.45) is 0 Å². The van der Waals surface area contributed by atoms with Gasteiger partial charge in [0.15, 0.2) is 0 Å². The zero-order valence-corrected chi connectivity index (χ0v) is 19.3. The minimum atomic E-state index is -3.59. The number of hydrogen-bond donors (Lipinski definition) is 2. The number of sulfonamides is 1. The molecule has 1 amide bonds. The Morgan fingerprint density at radius 2 is 1.72 bits per heavy atom. The fourth-order valence-corrected chi connectivity index (χ4v) is 4.24. The van der Waals surface area contributed by atoms with E-state index in [4.69, 9.17) is 23.2 Å². The Morgan fingerprint density at radius 3 is 2.31 bits per heavy atom. The summed E-state index contributed by atoms with van der Waals surface area (Å²) in [5.41, 5.74) is 2.03. The van der Waals surface area contributed by atoms with E-state index in [1.807, 2.05) is 13.0 Å². The number of amides is 1. The van der Waals surface area contributed by atoms with E-state index in [9.17, 15) is 13.2 Å². The molecule has 0 radical (unpaired) electrons. The topological polar surface area (TPSA) is 78.5 Å². The standard InChI is InChI=1S/C20H25Cl2N3O3S/c1-12-6-8-16(29(27,28)25(4)5)11-19(12)24-20(26)14(3)23-13(2)17-9-7-15(21)10-18(17)22/h6-11,13-14,23H,1-5H3,(H,24,26)/t13-,14-/m1/s1. The van der Waals surface area contributed by atoms with Gasteiger partial charge in [-0.1, -0.05) is 35.3 Å². The van der Waals surface area contributed by atoms with Crippen LogP contribution in [0.25, 0.3) is 0 Å². The van der Waals surface area contributed by atoms with Crippen molar-refractivity contribution < 1.29 is 13.2 Å². The van der Waals surface area contributed by atoms with Gasteiger partial charge in [-0.05, 0) is 56.2 Å². The molecular formula is C20H25Cl2N3O3S. The van der Waals surface area contributed by atoms with Crippen molar-refractivity contribution >= 4 is 44.8 Å². The van der Waals surface area contributed by atoms with Crippen LogP contribution >= 0.6 is 23.2 Å². The van der Waals surface area contributed by atoms with Gasteiger partial charge in [0.2, 0.25) is 15.9 Å². The predicted octanol–water partition coefficient (Wildman–Crippen LogP) is 4.23. The van der Waals surface area contributed by atoms with Crippen LogP contribution in [-0.2, 0) is 14.8 Å². The van der Waals surface area contributed by atoms with Crippen LogP contribution in [0.4, 0.5) is 5.69 Å². The summed E-state index contributed by atoms with van der Waals surface area (Å²) in [5, 5.41) is 7.05. The molecular weight excluding hydrogens is 433 g/mol. The van der Waals surface area contributed by atoms with Gasteiger partial charge >= 0.3 is 0 Å². The molecule has 158 valence electrons. The zero-order chi connectivity index (χ0) is 21.9. The maximum Gasteiger partial charge on any atom is 0.242 e. The molecule has 0 bridgehead atoms. The molecule has 0 aromatic heterocycles. The molecule has 0 aliphatic carbocycles. The lowest BCUT2D eigenvalue weighted by atomic mass is 10.1. The lowest BCUT2D eigenvalue weighted by Gasteiger charge is -2.21. The number of aryl methyl sites for hydroxylation is 1. The summed E-state index contributed by atoms with van der Waals surface area (Å²) < 4.78 is 25.8. The number of benzene rings is 2. The van der Waals surface area contributed by atoms with Crippen LogP contribution in [0.15, 0.2) is 41.3 Å². The Balaban J connectivity index is 2.15. The number of anilines is 1. The molecule has 2 rings (SSSR count). The van der Waals surface area contributed by atoms with Gasteiger partial charge in [0.1, 0.15) is 0 Å². The molecule has 0 aliphatic rings. The summed E-state index contributed by atoms with van der Waals surface area (Å²) in [6.45, 7) is 5.43. The number of carbonyl (C=O) groups is 1. The van der Waals surface area contributed by atoms with Gasteiger partial charge < -0.3 is 5.32 Å². The summed E-state index contributed by atoms with van der Waals surface area (Å²) in [7, 11) is -0.673. The SMILES string of the molecule is Cc1ccc(S(=O)(=O)N(C)C)cc1NC(=O)[C@@H](C)N[C@H](C)c1ccc(Cl)cc1Cl. The number of nitrogens with zero attached hydrogens (tertiary/aromatic N) is 1. The smallest absolute Gasteiger partial charge is 0.242 e. The molecule has 0 heterocycles. The maximum atomic E-state index is 12.7. The monoisotopic (exact) mass is 457 g/mol. The molecule has 2 aromatic rings. The van der Waals surface area contributed by atoms with Crippen LogP contribution in [0.3, 0.4) is 0 Å². The van der Waals surface area contributed by atoms with Crippen LogP contribution < -0.4 is 10.6 Å².